The first-order chi connectivity index (χ1) is 13.0. The van der Waals surface area contributed by atoms with Crippen molar-refractivity contribution in [3.63, 3.8) is 0 Å². The summed E-state index contributed by atoms with van der Waals surface area (Å²) in [6, 6.07) is 15.0. The number of halogens is 1. The van der Waals surface area contributed by atoms with Gasteiger partial charge < -0.3 is 10.2 Å². The molecule has 0 aliphatic heterocycles. The van der Waals surface area contributed by atoms with Gasteiger partial charge in [0.15, 0.2) is 0 Å². The van der Waals surface area contributed by atoms with E-state index in [0.717, 1.165) is 24.0 Å². The Bertz CT molecular complexity index is 732. The predicted molar refractivity (Wildman–Crippen MR) is 104 cm³/mol. The van der Waals surface area contributed by atoms with Crippen molar-refractivity contribution in [3.05, 3.63) is 71.5 Å². The molecule has 5 heteroatoms. The van der Waals surface area contributed by atoms with Gasteiger partial charge >= 0.3 is 0 Å². The Balaban J connectivity index is 2.23. The summed E-state index contributed by atoms with van der Waals surface area (Å²) >= 11 is 0. The van der Waals surface area contributed by atoms with Crippen LogP contribution in [0.15, 0.2) is 54.6 Å². The molecule has 0 unspecified atom stereocenters. The van der Waals surface area contributed by atoms with Crippen LogP contribution in [0.1, 0.15) is 37.8 Å². The molecule has 2 rings (SSSR count). The smallest absolute Gasteiger partial charge is 0.243 e. The van der Waals surface area contributed by atoms with E-state index in [4.69, 9.17) is 0 Å². The lowest BCUT2D eigenvalue weighted by Crippen LogP contribution is -2.50. The predicted octanol–water partition coefficient (Wildman–Crippen LogP) is 3.70. The number of nitrogens with zero attached hydrogens (tertiary/aromatic N) is 1. The lowest BCUT2D eigenvalue weighted by Gasteiger charge is -2.30. The molecule has 1 N–H and O–H groups in total. The number of nitrogens with one attached hydrogen (secondary N) is 1. The van der Waals surface area contributed by atoms with Gasteiger partial charge in [0.1, 0.15) is 11.9 Å². The molecule has 0 heterocycles. The molecule has 1 atom stereocenters. The van der Waals surface area contributed by atoms with E-state index < -0.39 is 6.04 Å². The number of rotatable bonds is 9. The number of amides is 2. The molecular formula is C22H27FN2O2. The Morgan fingerprint density at radius 3 is 2.30 bits per heavy atom. The third-order valence-corrected chi connectivity index (χ3v) is 4.45. The van der Waals surface area contributed by atoms with Crippen molar-refractivity contribution in [3.8, 4) is 0 Å². The Labute approximate surface area is 160 Å². The van der Waals surface area contributed by atoms with E-state index in [1.54, 1.807) is 17.0 Å². The van der Waals surface area contributed by atoms with Gasteiger partial charge in [-0.05, 0) is 29.7 Å². The first-order valence-corrected chi connectivity index (χ1v) is 9.34. The van der Waals surface area contributed by atoms with Gasteiger partial charge in [-0.25, -0.2) is 4.39 Å². The number of hydrogen-bond donors (Lipinski definition) is 1. The minimum atomic E-state index is -0.619. The molecule has 0 bridgehead atoms. The molecule has 0 spiro atoms. The highest BCUT2D eigenvalue weighted by molar-refractivity contribution is 5.87. The van der Waals surface area contributed by atoms with Crippen molar-refractivity contribution in [2.45, 2.75) is 45.7 Å². The Kier molecular flexibility index (Phi) is 7.99. The zero-order chi connectivity index (χ0) is 19.6. The van der Waals surface area contributed by atoms with E-state index >= 15 is 0 Å². The van der Waals surface area contributed by atoms with E-state index in [1.165, 1.54) is 19.1 Å². The van der Waals surface area contributed by atoms with Crippen LogP contribution in [-0.2, 0) is 22.6 Å². The highest BCUT2D eigenvalue weighted by Gasteiger charge is 2.28. The van der Waals surface area contributed by atoms with E-state index in [-0.39, 0.29) is 24.2 Å². The first kappa shape index (κ1) is 20.6. The summed E-state index contributed by atoms with van der Waals surface area (Å²) in [7, 11) is 0. The second-order valence-electron chi connectivity index (χ2n) is 6.62. The number of benzene rings is 2. The SMILES string of the molecule is CCCCNC(=O)[C@@H](Cc1ccccc1)N(Cc1ccc(F)cc1)C(C)=O. The van der Waals surface area contributed by atoms with Gasteiger partial charge in [0.2, 0.25) is 11.8 Å². The first-order valence-electron chi connectivity index (χ1n) is 9.34. The fourth-order valence-corrected chi connectivity index (χ4v) is 2.92. The van der Waals surface area contributed by atoms with Crippen LogP contribution in [0, 0.1) is 5.82 Å². The Hall–Kier alpha value is -2.69. The van der Waals surface area contributed by atoms with Crippen molar-refractivity contribution in [1.29, 1.82) is 0 Å². The van der Waals surface area contributed by atoms with E-state index in [0.29, 0.717) is 13.0 Å². The lowest BCUT2D eigenvalue weighted by atomic mass is 10.0. The fraction of sp³-hybridized carbons (Fsp3) is 0.364. The molecule has 0 saturated carbocycles. The largest absolute Gasteiger partial charge is 0.354 e. The third kappa shape index (κ3) is 6.51. The maximum Gasteiger partial charge on any atom is 0.243 e. The molecule has 27 heavy (non-hydrogen) atoms. The minimum absolute atomic E-state index is 0.162. The van der Waals surface area contributed by atoms with Gasteiger partial charge in [0, 0.05) is 26.4 Å². The van der Waals surface area contributed by atoms with Gasteiger partial charge in [-0.15, -0.1) is 0 Å². The average molecular weight is 370 g/mol. The molecule has 2 aromatic carbocycles. The number of unbranched alkanes of at least 4 members (excludes halogenated alkanes) is 1. The zero-order valence-electron chi connectivity index (χ0n) is 16.0. The summed E-state index contributed by atoms with van der Waals surface area (Å²) in [5.74, 6) is -0.679. The highest BCUT2D eigenvalue weighted by Crippen LogP contribution is 2.15. The molecule has 4 nitrogen and oxygen atoms in total. The standard InChI is InChI=1S/C22H27FN2O2/c1-3-4-14-24-22(27)21(15-18-8-6-5-7-9-18)25(17(2)26)16-19-10-12-20(23)13-11-19/h5-13,21H,3-4,14-16H2,1-2H3,(H,24,27)/t21-/m1/s1. The molecule has 0 saturated heterocycles. The maximum atomic E-state index is 13.2. The number of hydrogen-bond acceptors (Lipinski definition) is 2. The second-order valence-corrected chi connectivity index (χ2v) is 6.62. The van der Waals surface area contributed by atoms with Crippen LogP contribution in [0.4, 0.5) is 4.39 Å². The van der Waals surface area contributed by atoms with Crippen molar-refractivity contribution >= 4 is 11.8 Å². The van der Waals surface area contributed by atoms with Gasteiger partial charge in [-0.2, -0.15) is 0 Å². The van der Waals surface area contributed by atoms with Crippen molar-refractivity contribution in [2.75, 3.05) is 6.54 Å². The Morgan fingerprint density at radius 2 is 1.70 bits per heavy atom. The van der Waals surface area contributed by atoms with Crippen LogP contribution in [-0.4, -0.2) is 29.3 Å². The molecular weight excluding hydrogens is 343 g/mol. The van der Waals surface area contributed by atoms with Gasteiger partial charge in [0.25, 0.3) is 0 Å². The molecule has 0 fully saturated rings. The fourth-order valence-electron chi connectivity index (χ4n) is 2.92. The number of carbonyl (C=O) groups is 2. The molecule has 144 valence electrons. The van der Waals surface area contributed by atoms with E-state index in [9.17, 15) is 14.0 Å². The van der Waals surface area contributed by atoms with Gasteiger partial charge in [-0.1, -0.05) is 55.8 Å². The summed E-state index contributed by atoms with van der Waals surface area (Å²) in [5.41, 5.74) is 1.77. The zero-order valence-corrected chi connectivity index (χ0v) is 16.0. The summed E-state index contributed by atoms with van der Waals surface area (Å²) in [4.78, 5) is 26.8. The third-order valence-electron chi connectivity index (χ3n) is 4.45. The lowest BCUT2D eigenvalue weighted by molar-refractivity contribution is -0.139. The molecule has 0 radical (unpaired) electrons. The van der Waals surface area contributed by atoms with Crippen LogP contribution in [0.2, 0.25) is 0 Å². The second kappa shape index (κ2) is 10.5. The molecule has 0 aliphatic rings. The van der Waals surface area contributed by atoms with Gasteiger partial charge in [0.05, 0.1) is 0 Å². The summed E-state index contributed by atoms with van der Waals surface area (Å²) < 4.78 is 13.2. The van der Waals surface area contributed by atoms with Gasteiger partial charge in [-0.3, -0.25) is 9.59 Å². The van der Waals surface area contributed by atoms with Crippen molar-refractivity contribution < 1.29 is 14.0 Å². The minimum Gasteiger partial charge on any atom is -0.354 e. The summed E-state index contributed by atoms with van der Waals surface area (Å²) in [6.45, 7) is 4.36. The normalized spacial score (nSPS) is 11.7. The molecule has 0 aromatic heterocycles. The molecule has 2 aromatic rings. The monoisotopic (exact) mass is 370 g/mol. The summed E-state index contributed by atoms with van der Waals surface area (Å²) in [6.07, 6.45) is 2.30. The summed E-state index contributed by atoms with van der Waals surface area (Å²) in [5, 5.41) is 2.94. The number of carbonyl (C=O) groups excluding carboxylic acids is 2. The molecule has 0 aliphatic carbocycles. The van der Waals surface area contributed by atoms with Crippen molar-refractivity contribution in [2.24, 2.45) is 0 Å². The molecule has 2 amide bonds. The maximum absolute atomic E-state index is 13.2. The van der Waals surface area contributed by atoms with Crippen molar-refractivity contribution in [1.82, 2.24) is 10.2 Å². The Morgan fingerprint density at radius 1 is 1.04 bits per heavy atom. The van der Waals surface area contributed by atoms with E-state index in [2.05, 4.69) is 12.2 Å². The van der Waals surface area contributed by atoms with Crippen LogP contribution in [0.3, 0.4) is 0 Å². The van der Waals surface area contributed by atoms with Crippen LogP contribution >= 0.6 is 0 Å². The van der Waals surface area contributed by atoms with Crippen LogP contribution < -0.4 is 5.32 Å². The average Bonchev–Trinajstić information content (AvgIpc) is 2.66. The van der Waals surface area contributed by atoms with Crippen LogP contribution in [0.5, 0.6) is 0 Å². The van der Waals surface area contributed by atoms with E-state index in [1.807, 2.05) is 30.3 Å². The topological polar surface area (TPSA) is 49.4 Å². The van der Waals surface area contributed by atoms with Crippen LogP contribution in [0.25, 0.3) is 0 Å². The highest BCUT2D eigenvalue weighted by atomic mass is 19.1. The quantitative estimate of drug-likeness (QED) is 0.684.